The molecule has 0 spiro atoms. The molecule has 0 bridgehead atoms. The third-order valence-corrected chi connectivity index (χ3v) is 4.55. The van der Waals surface area contributed by atoms with E-state index in [1.54, 1.807) is 30.3 Å². The second-order valence-electron chi connectivity index (χ2n) is 6.60. The lowest BCUT2D eigenvalue weighted by atomic mass is 10.0. The van der Waals surface area contributed by atoms with Crippen molar-refractivity contribution in [1.29, 1.82) is 0 Å². The van der Waals surface area contributed by atoms with Gasteiger partial charge in [0.05, 0.1) is 11.1 Å². The first-order chi connectivity index (χ1) is 14.3. The molecule has 0 aliphatic rings. The summed E-state index contributed by atoms with van der Waals surface area (Å²) in [5.74, 6) is -0.563. The molecule has 4 aromatic rings. The molecule has 0 fully saturated rings. The molecular weight excluding hydrogens is 395 g/mol. The van der Waals surface area contributed by atoms with Gasteiger partial charge >= 0.3 is 11.8 Å². The molecule has 4 nitrogen and oxygen atoms in total. The maximum absolute atomic E-state index is 12.8. The van der Waals surface area contributed by atoms with E-state index in [4.69, 9.17) is 4.42 Å². The maximum Gasteiger partial charge on any atom is 0.416 e. The number of halogens is 3. The topological polar surface area (TPSA) is 59.3 Å². The van der Waals surface area contributed by atoms with Gasteiger partial charge in [-0.2, -0.15) is 13.2 Å². The molecule has 0 atom stereocenters. The second kappa shape index (κ2) is 7.51. The Morgan fingerprint density at radius 2 is 1.60 bits per heavy atom. The van der Waals surface area contributed by atoms with Gasteiger partial charge in [-0.1, -0.05) is 36.4 Å². The molecular formula is C23H14F3NO3. The summed E-state index contributed by atoms with van der Waals surface area (Å²) in [6.45, 7) is 0. The van der Waals surface area contributed by atoms with Gasteiger partial charge in [-0.15, -0.1) is 0 Å². The van der Waals surface area contributed by atoms with E-state index in [1.165, 1.54) is 24.3 Å². The standard InChI is InChI=1S/C23H14F3NO3/c24-23(25,26)17-5-3-6-18(13-17)27-21(28)15-10-8-14(9-11-15)19-12-16-4-1-2-7-20(16)30-22(19)29/h1-13H,(H,27,28). The van der Waals surface area contributed by atoms with E-state index in [9.17, 15) is 22.8 Å². The molecule has 7 heteroatoms. The number of benzene rings is 3. The normalized spacial score (nSPS) is 11.4. The van der Waals surface area contributed by atoms with E-state index in [-0.39, 0.29) is 11.3 Å². The fourth-order valence-corrected chi connectivity index (χ4v) is 3.04. The van der Waals surface area contributed by atoms with Crippen LogP contribution in [0.4, 0.5) is 18.9 Å². The van der Waals surface area contributed by atoms with Crippen LogP contribution in [0.5, 0.6) is 0 Å². The summed E-state index contributed by atoms with van der Waals surface area (Å²) >= 11 is 0. The summed E-state index contributed by atoms with van der Waals surface area (Å²) < 4.78 is 43.8. The Kier molecular flexibility index (Phi) is 4.87. The number of carbonyl (C=O) groups excluding carboxylic acids is 1. The molecule has 1 amide bonds. The van der Waals surface area contributed by atoms with Crippen LogP contribution in [0.3, 0.4) is 0 Å². The number of anilines is 1. The Morgan fingerprint density at radius 1 is 0.867 bits per heavy atom. The zero-order valence-corrected chi connectivity index (χ0v) is 15.4. The molecule has 0 saturated heterocycles. The summed E-state index contributed by atoms with van der Waals surface area (Å²) in [7, 11) is 0. The van der Waals surface area contributed by atoms with Crippen LogP contribution in [0, 0.1) is 0 Å². The third kappa shape index (κ3) is 3.96. The SMILES string of the molecule is O=C(Nc1cccc(C(F)(F)F)c1)c1ccc(-c2cc3ccccc3oc2=O)cc1. The van der Waals surface area contributed by atoms with Crippen molar-refractivity contribution in [2.24, 2.45) is 0 Å². The number of carbonyl (C=O) groups is 1. The molecule has 4 rings (SSSR count). The van der Waals surface area contributed by atoms with Crippen molar-refractivity contribution in [2.45, 2.75) is 6.18 Å². The van der Waals surface area contributed by atoms with Crippen LogP contribution in [-0.2, 0) is 6.18 Å². The number of para-hydroxylation sites is 1. The van der Waals surface area contributed by atoms with Gasteiger partial charge in [0.15, 0.2) is 0 Å². The van der Waals surface area contributed by atoms with E-state index in [0.29, 0.717) is 16.7 Å². The highest BCUT2D eigenvalue weighted by atomic mass is 19.4. The van der Waals surface area contributed by atoms with Crippen molar-refractivity contribution in [1.82, 2.24) is 0 Å². The molecule has 150 valence electrons. The zero-order chi connectivity index (χ0) is 21.3. The van der Waals surface area contributed by atoms with Gasteiger partial charge in [0.25, 0.3) is 5.91 Å². The molecule has 3 aromatic carbocycles. The lowest BCUT2D eigenvalue weighted by Gasteiger charge is -2.10. The van der Waals surface area contributed by atoms with Gasteiger partial charge in [0.1, 0.15) is 5.58 Å². The summed E-state index contributed by atoms with van der Waals surface area (Å²) in [4.78, 5) is 24.7. The molecule has 1 aromatic heterocycles. The van der Waals surface area contributed by atoms with Crippen LogP contribution < -0.4 is 10.9 Å². The minimum absolute atomic E-state index is 0.0362. The average molecular weight is 409 g/mol. The number of nitrogens with one attached hydrogen (secondary N) is 1. The highest BCUT2D eigenvalue weighted by molar-refractivity contribution is 6.04. The van der Waals surface area contributed by atoms with Crippen LogP contribution in [0.2, 0.25) is 0 Å². The molecule has 1 heterocycles. The Bertz CT molecular complexity index is 1290. The first-order valence-electron chi connectivity index (χ1n) is 8.93. The number of alkyl halides is 3. The smallest absolute Gasteiger partial charge is 0.416 e. The summed E-state index contributed by atoms with van der Waals surface area (Å²) in [5.41, 5.74) is 0.302. The first kappa shape index (κ1) is 19.4. The van der Waals surface area contributed by atoms with Crippen LogP contribution in [-0.4, -0.2) is 5.91 Å². The molecule has 0 unspecified atom stereocenters. The molecule has 0 radical (unpaired) electrons. The number of amides is 1. The maximum atomic E-state index is 12.8. The second-order valence-corrected chi connectivity index (χ2v) is 6.60. The number of hydrogen-bond acceptors (Lipinski definition) is 3. The predicted octanol–water partition coefficient (Wildman–Crippen LogP) is 5.73. The van der Waals surface area contributed by atoms with E-state index in [0.717, 1.165) is 17.5 Å². The summed E-state index contributed by atoms with van der Waals surface area (Å²) in [6, 6.07) is 19.4. The van der Waals surface area contributed by atoms with E-state index >= 15 is 0 Å². The van der Waals surface area contributed by atoms with E-state index < -0.39 is 23.3 Å². The van der Waals surface area contributed by atoms with E-state index in [2.05, 4.69) is 5.32 Å². The Labute approximate surface area is 168 Å². The van der Waals surface area contributed by atoms with Gasteiger partial charge < -0.3 is 9.73 Å². The van der Waals surface area contributed by atoms with Crippen LogP contribution in [0.25, 0.3) is 22.1 Å². The predicted molar refractivity (Wildman–Crippen MR) is 107 cm³/mol. The van der Waals surface area contributed by atoms with Crippen molar-refractivity contribution in [3.63, 3.8) is 0 Å². The lowest BCUT2D eigenvalue weighted by Crippen LogP contribution is -2.13. The highest BCUT2D eigenvalue weighted by Crippen LogP contribution is 2.30. The van der Waals surface area contributed by atoms with Gasteiger partial charge in [-0.25, -0.2) is 4.79 Å². The van der Waals surface area contributed by atoms with Gasteiger partial charge in [-0.3, -0.25) is 4.79 Å². The van der Waals surface area contributed by atoms with Crippen molar-refractivity contribution < 1.29 is 22.4 Å². The molecule has 30 heavy (non-hydrogen) atoms. The fraction of sp³-hybridized carbons (Fsp3) is 0.0435. The van der Waals surface area contributed by atoms with Gasteiger partial charge in [0.2, 0.25) is 0 Å². The van der Waals surface area contributed by atoms with Crippen LogP contribution in [0.1, 0.15) is 15.9 Å². The van der Waals surface area contributed by atoms with Crippen LogP contribution >= 0.6 is 0 Å². The largest absolute Gasteiger partial charge is 0.422 e. The Morgan fingerprint density at radius 3 is 2.33 bits per heavy atom. The van der Waals surface area contributed by atoms with Crippen molar-refractivity contribution >= 4 is 22.6 Å². The highest BCUT2D eigenvalue weighted by Gasteiger charge is 2.30. The quantitative estimate of drug-likeness (QED) is 0.440. The van der Waals surface area contributed by atoms with Crippen molar-refractivity contribution in [3.05, 3.63) is 100 Å². The zero-order valence-electron chi connectivity index (χ0n) is 15.4. The fourth-order valence-electron chi connectivity index (χ4n) is 3.04. The average Bonchev–Trinajstić information content (AvgIpc) is 2.73. The van der Waals surface area contributed by atoms with Gasteiger partial charge in [-0.05, 0) is 48.0 Å². The van der Waals surface area contributed by atoms with Crippen LogP contribution in [0.15, 0.2) is 88.1 Å². The first-order valence-corrected chi connectivity index (χ1v) is 8.93. The minimum Gasteiger partial charge on any atom is -0.422 e. The molecule has 0 aliphatic carbocycles. The number of fused-ring (bicyclic) bond motifs is 1. The monoisotopic (exact) mass is 409 g/mol. The van der Waals surface area contributed by atoms with Crippen molar-refractivity contribution in [2.75, 3.05) is 5.32 Å². The summed E-state index contributed by atoms with van der Waals surface area (Å²) in [5, 5.41) is 3.21. The minimum atomic E-state index is -4.50. The third-order valence-electron chi connectivity index (χ3n) is 4.55. The van der Waals surface area contributed by atoms with Gasteiger partial charge in [0, 0.05) is 16.6 Å². The van der Waals surface area contributed by atoms with Crippen molar-refractivity contribution in [3.8, 4) is 11.1 Å². The number of hydrogen-bond donors (Lipinski definition) is 1. The molecule has 1 N–H and O–H groups in total. The lowest BCUT2D eigenvalue weighted by molar-refractivity contribution is -0.137. The summed E-state index contributed by atoms with van der Waals surface area (Å²) in [6.07, 6.45) is -4.50. The Balaban J connectivity index is 1.58. The Hall–Kier alpha value is -3.87. The van der Waals surface area contributed by atoms with E-state index in [1.807, 2.05) is 12.1 Å². The molecule has 0 saturated carbocycles. The number of rotatable bonds is 3. The molecule has 0 aliphatic heterocycles.